The second-order valence-corrected chi connectivity index (χ2v) is 8.42. The Hall–Kier alpha value is -2.75. The molecular formula is C24H27N3O. The lowest BCUT2D eigenvalue weighted by Crippen LogP contribution is -2.23. The minimum absolute atomic E-state index is 0.121. The van der Waals surface area contributed by atoms with Gasteiger partial charge in [-0.15, -0.1) is 0 Å². The Morgan fingerprint density at radius 2 is 1.68 bits per heavy atom. The van der Waals surface area contributed by atoms with Gasteiger partial charge in [-0.05, 0) is 75.6 Å². The highest BCUT2D eigenvalue weighted by atomic mass is 16.2. The van der Waals surface area contributed by atoms with Gasteiger partial charge in [0.05, 0.1) is 6.54 Å². The summed E-state index contributed by atoms with van der Waals surface area (Å²) in [4.78, 5) is 17.5. The zero-order chi connectivity index (χ0) is 19.4. The van der Waals surface area contributed by atoms with Gasteiger partial charge in [0.15, 0.2) is 0 Å². The van der Waals surface area contributed by atoms with E-state index in [-0.39, 0.29) is 5.91 Å². The van der Waals surface area contributed by atoms with Crippen LogP contribution in [0.4, 0.5) is 11.4 Å². The van der Waals surface area contributed by atoms with Crippen molar-refractivity contribution in [1.82, 2.24) is 4.57 Å². The minimum atomic E-state index is 0.121. The topological polar surface area (TPSA) is 28.5 Å². The summed E-state index contributed by atoms with van der Waals surface area (Å²) in [5.74, 6) is 0.121. The Labute approximate surface area is 166 Å². The first-order valence-electron chi connectivity index (χ1n) is 10.3. The number of rotatable bonds is 3. The van der Waals surface area contributed by atoms with Crippen molar-refractivity contribution in [3.8, 4) is 0 Å². The van der Waals surface area contributed by atoms with Crippen molar-refractivity contribution >= 4 is 28.2 Å². The van der Waals surface area contributed by atoms with E-state index in [2.05, 4.69) is 72.7 Å². The Balaban J connectivity index is 1.49. The van der Waals surface area contributed by atoms with Crippen LogP contribution in [0.3, 0.4) is 0 Å². The molecule has 0 aliphatic carbocycles. The van der Waals surface area contributed by atoms with Gasteiger partial charge >= 0.3 is 0 Å². The predicted molar refractivity (Wildman–Crippen MR) is 115 cm³/mol. The predicted octanol–water partition coefficient (Wildman–Crippen LogP) is 5.29. The van der Waals surface area contributed by atoms with Gasteiger partial charge < -0.3 is 14.4 Å². The monoisotopic (exact) mass is 373 g/mol. The van der Waals surface area contributed by atoms with Crippen molar-refractivity contribution in [2.45, 2.75) is 46.2 Å². The van der Waals surface area contributed by atoms with Gasteiger partial charge in [-0.1, -0.05) is 6.07 Å². The number of hydrogen-bond acceptors (Lipinski definition) is 2. The lowest BCUT2D eigenvalue weighted by atomic mass is 10.1. The van der Waals surface area contributed by atoms with Crippen molar-refractivity contribution in [2.75, 3.05) is 22.9 Å². The zero-order valence-electron chi connectivity index (χ0n) is 16.9. The summed E-state index contributed by atoms with van der Waals surface area (Å²) < 4.78 is 2.35. The Bertz CT molecular complexity index is 1070. The number of aromatic nitrogens is 1. The first kappa shape index (κ1) is 17.4. The van der Waals surface area contributed by atoms with Crippen LogP contribution >= 0.6 is 0 Å². The maximum atomic E-state index is 13.2. The molecule has 0 radical (unpaired) electrons. The van der Waals surface area contributed by atoms with Crippen LogP contribution in [0.5, 0.6) is 0 Å². The standard InChI is InChI=1S/C24H27N3O/c1-16(2)27-17(3)12-19-13-21(8-9-23(19)27)26-15-18-6-7-20(14-22(18)24(26)28)25-10-4-5-11-25/h6-9,12-14,16H,4-5,10-11,15H2,1-3H3. The maximum absolute atomic E-state index is 13.2. The van der Waals surface area contributed by atoms with E-state index in [4.69, 9.17) is 0 Å². The molecule has 1 saturated heterocycles. The van der Waals surface area contributed by atoms with E-state index in [0.29, 0.717) is 12.6 Å². The molecule has 4 nitrogen and oxygen atoms in total. The number of aryl methyl sites for hydroxylation is 1. The summed E-state index contributed by atoms with van der Waals surface area (Å²) in [5.41, 5.74) is 6.65. The third-order valence-electron chi connectivity index (χ3n) is 6.21. The van der Waals surface area contributed by atoms with Crippen LogP contribution in [0, 0.1) is 6.92 Å². The molecule has 1 amide bonds. The second-order valence-electron chi connectivity index (χ2n) is 8.42. The van der Waals surface area contributed by atoms with Crippen LogP contribution < -0.4 is 9.80 Å². The van der Waals surface area contributed by atoms with Gasteiger partial charge in [0.1, 0.15) is 0 Å². The van der Waals surface area contributed by atoms with Crippen molar-refractivity contribution in [2.24, 2.45) is 0 Å². The Kier molecular flexibility index (Phi) is 3.97. The van der Waals surface area contributed by atoms with E-state index >= 15 is 0 Å². The molecule has 0 saturated carbocycles. The number of carbonyl (C=O) groups is 1. The molecule has 144 valence electrons. The molecule has 0 N–H and O–H groups in total. The molecule has 3 heterocycles. The molecule has 0 atom stereocenters. The van der Waals surface area contributed by atoms with Crippen LogP contribution in [-0.2, 0) is 6.54 Å². The normalized spacial score (nSPS) is 16.6. The van der Waals surface area contributed by atoms with Crippen molar-refractivity contribution in [3.63, 3.8) is 0 Å². The molecule has 1 fully saturated rings. The van der Waals surface area contributed by atoms with E-state index in [1.165, 1.54) is 35.1 Å². The van der Waals surface area contributed by atoms with E-state index in [9.17, 15) is 4.79 Å². The van der Waals surface area contributed by atoms with E-state index in [1.807, 2.05) is 4.90 Å². The maximum Gasteiger partial charge on any atom is 0.259 e. The number of hydrogen-bond donors (Lipinski definition) is 0. The Morgan fingerprint density at radius 1 is 0.929 bits per heavy atom. The molecule has 1 aromatic heterocycles. The average molecular weight is 374 g/mol. The third kappa shape index (κ3) is 2.62. The third-order valence-corrected chi connectivity index (χ3v) is 6.21. The molecule has 28 heavy (non-hydrogen) atoms. The van der Waals surface area contributed by atoms with Crippen molar-refractivity contribution in [3.05, 3.63) is 59.3 Å². The minimum Gasteiger partial charge on any atom is -0.372 e. The average Bonchev–Trinajstić information content (AvgIpc) is 3.38. The molecule has 0 bridgehead atoms. The van der Waals surface area contributed by atoms with Crippen LogP contribution in [0.1, 0.15) is 54.3 Å². The number of benzene rings is 2. The highest BCUT2D eigenvalue weighted by molar-refractivity contribution is 6.11. The number of amides is 1. The van der Waals surface area contributed by atoms with Crippen molar-refractivity contribution in [1.29, 1.82) is 0 Å². The molecule has 2 aliphatic rings. The fourth-order valence-electron chi connectivity index (χ4n) is 4.88. The van der Waals surface area contributed by atoms with Crippen LogP contribution in [0.2, 0.25) is 0 Å². The van der Waals surface area contributed by atoms with Gasteiger partial charge in [0.2, 0.25) is 0 Å². The summed E-state index contributed by atoms with van der Waals surface area (Å²) >= 11 is 0. The summed E-state index contributed by atoms with van der Waals surface area (Å²) in [6.07, 6.45) is 2.49. The van der Waals surface area contributed by atoms with E-state index in [0.717, 1.165) is 29.9 Å². The highest BCUT2D eigenvalue weighted by Crippen LogP contribution is 2.34. The largest absolute Gasteiger partial charge is 0.372 e. The molecular weight excluding hydrogens is 346 g/mol. The summed E-state index contributed by atoms with van der Waals surface area (Å²) in [7, 11) is 0. The molecule has 2 aromatic carbocycles. The highest BCUT2D eigenvalue weighted by Gasteiger charge is 2.30. The number of anilines is 2. The molecule has 3 aromatic rings. The first-order valence-corrected chi connectivity index (χ1v) is 10.3. The summed E-state index contributed by atoms with van der Waals surface area (Å²) in [5, 5.41) is 1.20. The molecule has 0 unspecified atom stereocenters. The van der Waals surface area contributed by atoms with E-state index < -0.39 is 0 Å². The van der Waals surface area contributed by atoms with E-state index in [1.54, 1.807) is 0 Å². The van der Waals surface area contributed by atoms with Gasteiger partial charge in [0, 0.05) is 52.7 Å². The van der Waals surface area contributed by atoms with Crippen molar-refractivity contribution < 1.29 is 4.79 Å². The molecule has 0 spiro atoms. The van der Waals surface area contributed by atoms with Crippen LogP contribution in [0.15, 0.2) is 42.5 Å². The summed E-state index contributed by atoms with van der Waals surface area (Å²) in [6.45, 7) is 9.41. The number of fused-ring (bicyclic) bond motifs is 2. The quantitative estimate of drug-likeness (QED) is 0.624. The van der Waals surface area contributed by atoms with Gasteiger partial charge in [-0.2, -0.15) is 0 Å². The fourth-order valence-corrected chi connectivity index (χ4v) is 4.88. The van der Waals surface area contributed by atoms with Crippen LogP contribution in [0.25, 0.3) is 10.9 Å². The fraction of sp³-hybridized carbons (Fsp3) is 0.375. The van der Waals surface area contributed by atoms with Crippen LogP contribution in [-0.4, -0.2) is 23.6 Å². The second kappa shape index (κ2) is 6.40. The first-order chi connectivity index (χ1) is 13.5. The lowest BCUT2D eigenvalue weighted by molar-refractivity contribution is 0.0996. The molecule has 2 aliphatic heterocycles. The van der Waals surface area contributed by atoms with Gasteiger partial charge in [0.25, 0.3) is 5.91 Å². The SMILES string of the molecule is Cc1cc2cc(N3Cc4ccc(N5CCCC5)cc4C3=O)ccc2n1C(C)C. The summed E-state index contributed by atoms with van der Waals surface area (Å²) in [6, 6.07) is 15.5. The number of carbonyl (C=O) groups excluding carboxylic acids is 1. The van der Waals surface area contributed by atoms with Gasteiger partial charge in [-0.3, -0.25) is 4.79 Å². The smallest absolute Gasteiger partial charge is 0.259 e. The lowest BCUT2D eigenvalue weighted by Gasteiger charge is -2.18. The zero-order valence-corrected chi connectivity index (χ0v) is 16.9. The Morgan fingerprint density at radius 3 is 2.43 bits per heavy atom. The van der Waals surface area contributed by atoms with Gasteiger partial charge in [-0.25, -0.2) is 0 Å². The number of nitrogens with zero attached hydrogens (tertiary/aromatic N) is 3. The molecule has 4 heteroatoms. The molecule has 5 rings (SSSR count).